The van der Waals surface area contributed by atoms with Crippen molar-refractivity contribution in [2.24, 2.45) is 5.92 Å². The van der Waals surface area contributed by atoms with Crippen LogP contribution in [0.3, 0.4) is 0 Å². The van der Waals surface area contributed by atoms with E-state index in [4.69, 9.17) is 0 Å². The van der Waals surface area contributed by atoms with Gasteiger partial charge in [-0.25, -0.2) is 0 Å². The Hall–Kier alpha value is -0.570. The molecular weight excluding hydrogens is 298 g/mol. The molecular formula is C21H43NO2. The Balaban J connectivity index is 3.45. The zero-order chi connectivity index (χ0) is 18.3. The number of quaternary nitrogens is 1. The van der Waals surface area contributed by atoms with Gasteiger partial charge in [-0.2, -0.15) is 0 Å². The second-order valence-electron chi connectivity index (χ2n) is 8.28. The van der Waals surface area contributed by atoms with Crippen LogP contribution >= 0.6 is 0 Å². The van der Waals surface area contributed by atoms with Crippen LogP contribution in [0.1, 0.15) is 97.3 Å². The monoisotopic (exact) mass is 341 g/mol. The van der Waals surface area contributed by atoms with Crippen molar-refractivity contribution in [1.82, 2.24) is 0 Å². The highest BCUT2D eigenvalue weighted by Crippen LogP contribution is 2.13. The van der Waals surface area contributed by atoms with E-state index < -0.39 is 5.97 Å². The Kier molecular flexibility index (Phi) is 14.4. The Labute approximate surface area is 151 Å². The van der Waals surface area contributed by atoms with Crippen LogP contribution in [0.2, 0.25) is 0 Å². The normalized spacial score (nSPS) is 13.2. The summed E-state index contributed by atoms with van der Waals surface area (Å²) in [4.78, 5) is 10.7. The fourth-order valence-electron chi connectivity index (χ4n) is 3.25. The molecule has 0 saturated heterocycles. The zero-order valence-corrected chi connectivity index (χ0v) is 16.9. The average Bonchev–Trinajstić information content (AvgIpc) is 2.53. The molecule has 0 aliphatic rings. The molecule has 0 aliphatic heterocycles. The molecule has 0 fully saturated rings. The van der Waals surface area contributed by atoms with E-state index in [0.717, 1.165) is 30.3 Å². The van der Waals surface area contributed by atoms with Gasteiger partial charge in [-0.3, -0.25) is 0 Å². The molecule has 0 aromatic carbocycles. The maximum Gasteiger partial charge on any atom is 0.0782 e. The molecule has 1 atom stereocenters. The van der Waals surface area contributed by atoms with Crippen molar-refractivity contribution in [3.63, 3.8) is 0 Å². The molecule has 24 heavy (non-hydrogen) atoms. The van der Waals surface area contributed by atoms with E-state index in [1.807, 2.05) is 0 Å². The fourth-order valence-corrected chi connectivity index (χ4v) is 3.25. The molecule has 0 N–H and O–H groups in total. The number of aliphatic carboxylic acids is 1. The van der Waals surface area contributed by atoms with Gasteiger partial charge in [-0.1, -0.05) is 65.2 Å². The molecule has 0 heterocycles. The Morgan fingerprint density at radius 3 is 1.67 bits per heavy atom. The Bertz CT molecular complexity index is 302. The molecule has 0 saturated carbocycles. The van der Waals surface area contributed by atoms with Crippen LogP contribution in [-0.2, 0) is 4.79 Å². The van der Waals surface area contributed by atoms with Gasteiger partial charge in [-0.15, -0.1) is 0 Å². The summed E-state index contributed by atoms with van der Waals surface area (Å²) >= 11 is 0. The van der Waals surface area contributed by atoms with Gasteiger partial charge in [0.1, 0.15) is 0 Å². The van der Waals surface area contributed by atoms with Crippen LogP contribution in [0, 0.1) is 5.92 Å². The third kappa shape index (κ3) is 15.0. The molecule has 0 aromatic heterocycles. The first-order valence-electron chi connectivity index (χ1n) is 10.4. The average molecular weight is 342 g/mol. The number of nitrogens with zero attached hydrogens (tertiary/aromatic N) is 1. The van der Waals surface area contributed by atoms with Crippen LogP contribution < -0.4 is 5.11 Å². The SMILES string of the molecule is CCCCCCCCCCCC[N+](C)(C)CCCCC(C)C(=O)[O-]. The molecule has 0 rings (SSSR count). The summed E-state index contributed by atoms with van der Waals surface area (Å²) in [6.45, 7) is 6.41. The first-order valence-corrected chi connectivity index (χ1v) is 10.4. The number of carboxylic acid groups (broad SMARTS) is 1. The maximum atomic E-state index is 10.7. The minimum absolute atomic E-state index is 0.303. The topological polar surface area (TPSA) is 40.1 Å². The van der Waals surface area contributed by atoms with Gasteiger partial charge < -0.3 is 14.4 Å². The van der Waals surface area contributed by atoms with Crippen LogP contribution in [0.5, 0.6) is 0 Å². The molecule has 1 unspecified atom stereocenters. The third-order valence-electron chi connectivity index (χ3n) is 5.17. The highest BCUT2D eigenvalue weighted by atomic mass is 16.4. The number of hydrogen-bond donors (Lipinski definition) is 0. The van der Waals surface area contributed by atoms with E-state index >= 15 is 0 Å². The molecule has 3 nitrogen and oxygen atoms in total. The van der Waals surface area contributed by atoms with Gasteiger partial charge >= 0.3 is 0 Å². The number of carboxylic acids is 1. The molecule has 0 aromatic rings. The van der Waals surface area contributed by atoms with Crippen molar-refractivity contribution in [3.05, 3.63) is 0 Å². The van der Waals surface area contributed by atoms with Gasteiger partial charge in [0.05, 0.1) is 27.2 Å². The lowest BCUT2D eigenvalue weighted by Gasteiger charge is -2.30. The molecule has 0 amide bonds. The van der Waals surface area contributed by atoms with Gasteiger partial charge in [-0.05, 0) is 38.0 Å². The Morgan fingerprint density at radius 2 is 1.21 bits per heavy atom. The second-order valence-corrected chi connectivity index (χ2v) is 8.28. The van der Waals surface area contributed by atoms with Crippen molar-refractivity contribution in [2.45, 2.75) is 97.3 Å². The lowest BCUT2D eigenvalue weighted by atomic mass is 10.0. The first kappa shape index (κ1) is 23.4. The standard InChI is InChI=1S/C21H43NO2/c1-5-6-7-8-9-10-11-12-13-15-18-22(3,4)19-16-14-17-20(2)21(23)24/h20H,5-19H2,1-4H3. The summed E-state index contributed by atoms with van der Waals surface area (Å²) in [5, 5.41) is 10.7. The maximum absolute atomic E-state index is 10.7. The Morgan fingerprint density at radius 1 is 0.792 bits per heavy atom. The van der Waals surface area contributed by atoms with E-state index in [9.17, 15) is 9.90 Å². The van der Waals surface area contributed by atoms with Gasteiger partial charge in [0, 0.05) is 5.97 Å². The molecule has 0 bridgehead atoms. The minimum atomic E-state index is -0.908. The smallest absolute Gasteiger partial charge is 0.0782 e. The van der Waals surface area contributed by atoms with Crippen LogP contribution in [0.4, 0.5) is 0 Å². The van der Waals surface area contributed by atoms with Crippen molar-refractivity contribution < 1.29 is 14.4 Å². The summed E-state index contributed by atoms with van der Waals surface area (Å²) in [7, 11) is 4.60. The third-order valence-corrected chi connectivity index (χ3v) is 5.17. The highest BCUT2D eigenvalue weighted by molar-refractivity contribution is 5.66. The molecule has 3 heteroatoms. The first-order chi connectivity index (χ1) is 11.4. The van der Waals surface area contributed by atoms with Crippen molar-refractivity contribution >= 4 is 5.97 Å². The summed E-state index contributed by atoms with van der Waals surface area (Å²) in [6.07, 6.45) is 16.7. The van der Waals surface area contributed by atoms with E-state index in [2.05, 4.69) is 21.0 Å². The van der Waals surface area contributed by atoms with Gasteiger partial charge in [0.15, 0.2) is 0 Å². The van der Waals surface area contributed by atoms with Crippen LogP contribution in [0.15, 0.2) is 0 Å². The van der Waals surface area contributed by atoms with Gasteiger partial charge in [0.25, 0.3) is 0 Å². The van der Waals surface area contributed by atoms with Gasteiger partial charge in [0.2, 0.25) is 0 Å². The van der Waals surface area contributed by atoms with Crippen LogP contribution in [-0.4, -0.2) is 37.6 Å². The van der Waals surface area contributed by atoms with Crippen molar-refractivity contribution in [3.8, 4) is 0 Å². The number of carbonyl (C=O) groups is 1. The van der Waals surface area contributed by atoms with Crippen LogP contribution in [0.25, 0.3) is 0 Å². The number of carbonyl (C=O) groups excluding carboxylic acids is 1. The van der Waals surface area contributed by atoms with E-state index in [-0.39, 0.29) is 5.92 Å². The quantitative estimate of drug-likeness (QED) is 0.288. The number of rotatable bonds is 17. The van der Waals surface area contributed by atoms with Crippen molar-refractivity contribution in [2.75, 3.05) is 27.2 Å². The lowest BCUT2D eigenvalue weighted by Crippen LogP contribution is -2.41. The molecule has 0 spiro atoms. The predicted molar refractivity (Wildman–Crippen MR) is 102 cm³/mol. The predicted octanol–water partition coefficient (Wildman–Crippen LogP) is 4.54. The zero-order valence-electron chi connectivity index (χ0n) is 16.9. The highest BCUT2D eigenvalue weighted by Gasteiger charge is 2.14. The number of hydrogen-bond acceptors (Lipinski definition) is 2. The summed E-state index contributed by atoms with van der Waals surface area (Å²) in [6, 6.07) is 0. The summed E-state index contributed by atoms with van der Waals surface area (Å²) in [5.41, 5.74) is 0. The van der Waals surface area contributed by atoms with E-state index in [1.165, 1.54) is 70.8 Å². The van der Waals surface area contributed by atoms with E-state index in [1.54, 1.807) is 6.92 Å². The fraction of sp³-hybridized carbons (Fsp3) is 0.952. The molecule has 0 radical (unpaired) electrons. The minimum Gasteiger partial charge on any atom is -0.550 e. The molecule has 0 aliphatic carbocycles. The summed E-state index contributed by atoms with van der Waals surface area (Å²) < 4.78 is 1.07. The van der Waals surface area contributed by atoms with Crippen molar-refractivity contribution in [1.29, 1.82) is 0 Å². The largest absolute Gasteiger partial charge is 0.550 e. The second kappa shape index (κ2) is 14.7. The summed E-state index contributed by atoms with van der Waals surface area (Å²) in [5.74, 6) is -1.21. The molecule has 144 valence electrons. The lowest BCUT2D eigenvalue weighted by molar-refractivity contribution is -0.890. The van der Waals surface area contributed by atoms with E-state index in [0.29, 0.717) is 0 Å². The number of unbranched alkanes of at least 4 members (excludes halogenated alkanes) is 10.